The summed E-state index contributed by atoms with van der Waals surface area (Å²) in [6.07, 6.45) is 10.7. The summed E-state index contributed by atoms with van der Waals surface area (Å²) in [6.45, 7) is 0.315. The zero-order chi connectivity index (χ0) is 35.3. The van der Waals surface area contributed by atoms with Crippen molar-refractivity contribution < 1.29 is 24.5 Å². The number of ketones is 2. The molecule has 3 N–H and O–H groups in total. The van der Waals surface area contributed by atoms with Crippen molar-refractivity contribution in [1.82, 2.24) is 9.97 Å². The fraction of sp³-hybridized carbons (Fsp3) is 0.302. The third-order valence-electron chi connectivity index (χ3n) is 10.3. The van der Waals surface area contributed by atoms with Crippen LogP contribution in [-0.2, 0) is 35.3 Å². The molecule has 2 atom stereocenters. The number of aryl methyl sites for hydroxylation is 2. The molecule has 0 radical (unpaired) electrons. The molecule has 0 saturated heterocycles. The van der Waals surface area contributed by atoms with E-state index in [1.165, 1.54) is 7.11 Å². The van der Waals surface area contributed by atoms with Crippen molar-refractivity contribution in [3.05, 3.63) is 141 Å². The van der Waals surface area contributed by atoms with Gasteiger partial charge in [0.15, 0.2) is 11.5 Å². The molecule has 262 valence electrons. The SMILES string of the molecule is COc1cc2cc(c1O)Cc1cccc(c1)Cc1cc[nH]c1[N-]CC1=Cc3[n-]ccc3C(CCCCc3cccc(O)c3)C1C(=O)CC(=O)CC2. The molecular weight excluding hydrogens is 638 g/mol. The predicted molar refractivity (Wildman–Crippen MR) is 198 cm³/mol. The molecule has 0 amide bonds. The summed E-state index contributed by atoms with van der Waals surface area (Å²) in [5.41, 5.74) is 8.69. The number of nitrogens with zero attached hydrogens (tertiary/aromatic N) is 2. The molecule has 7 rings (SSSR count). The number of methoxy groups -OCH3 is 1. The number of aromatic hydroxyl groups is 2. The number of rotatable bonds is 6. The summed E-state index contributed by atoms with van der Waals surface area (Å²) in [5, 5.41) is 26.0. The van der Waals surface area contributed by atoms with Gasteiger partial charge >= 0.3 is 0 Å². The van der Waals surface area contributed by atoms with Gasteiger partial charge in [0.2, 0.25) is 0 Å². The number of unbranched alkanes of at least 4 members (excludes halogenated alkanes) is 1. The van der Waals surface area contributed by atoms with Crippen LogP contribution in [0.2, 0.25) is 0 Å². The molecule has 0 fully saturated rings. The molecular formula is C43H43N3O5-2. The van der Waals surface area contributed by atoms with E-state index < -0.39 is 5.92 Å². The van der Waals surface area contributed by atoms with E-state index in [0.29, 0.717) is 31.6 Å². The second-order valence-corrected chi connectivity index (χ2v) is 13.8. The van der Waals surface area contributed by atoms with Crippen molar-refractivity contribution in [3.8, 4) is 17.2 Å². The van der Waals surface area contributed by atoms with Crippen LogP contribution < -0.4 is 9.72 Å². The Balaban J connectivity index is 1.20. The number of carbonyl (C=O) groups is 2. The quantitative estimate of drug-likeness (QED) is 0.122. The number of nitrogens with one attached hydrogen (secondary N) is 1. The van der Waals surface area contributed by atoms with E-state index in [9.17, 15) is 19.8 Å². The molecule has 1 aliphatic heterocycles. The number of ether oxygens (including phenoxy) is 1. The molecule has 8 heteroatoms. The zero-order valence-electron chi connectivity index (χ0n) is 28.9. The number of phenolic OH excluding ortho intramolecular Hbond substituents is 2. The molecule has 4 bridgehead atoms. The first-order valence-corrected chi connectivity index (χ1v) is 17.8. The first-order valence-electron chi connectivity index (χ1n) is 17.8. The molecule has 3 aromatic carbocycles. The number of fused-ring (bicyclic) bond motifs is 7. The third-order valence-corrected chi connectivity index (χ3v) is 10.3. The molecule has 51 heavy (non-hydrogen) atoms. The molecule has 2 unspecified atom stereocenters. The molecule has 5 aromatic rings. The van der Waals surface area contributed by atoms with Crippen molar-refractivity contribution in [2.24, 2.45) is 5.92 Å². The third kappa shape index (κ3) is 7.80. The summed E-state index contributed by atoms with van der Waals surface area (Å²) in [4.78, 5) is 35.8. The Hall–Kier alpha value is -5.50. The highest BCUT2D eigenvalue weighted by Crippen LogP contribution is 2.44. The van der Waals surface area contributed by atoms with Gasteiger partial charge in [-0.1, -0.05) is 90.2 Å². The van der Waals surface area contributed by atoms with Gasteiger partial charge in [-0.2, -0.15) is 6.20 Å². The van der Waals surface area contributed by atoms with Gasteiger partial charge in [-0.25, -0.2) is 0 Å². The van der Waals surface area contributed by atoms with Crippen LogP contribution in [0.5, 0.6) is 17.2 Å². The van der Waals surface area contributed by atoms with E-state index in [2.05, 4.69) is 22.1 Å². The van der Waals surface area contributed by atoms with E-state index in [0.717, 1.165) is 81.7 Å². The number of aromatic nitrogens is 2. The van der Waals surface area contributed by atoms with Crippen molar-refractivity contribution in [2.75, 3.05) is 13.7 Å². The summed E-state index contributed by atoms with van der Waals surface area (Å²) >= 11 is 0. The number of aromatic amines is 1. The summed E-state index contributed by atoms with van der Waals surface area (Å²) in [7, 11) is 1.53. The average molecular weight is 682 g/mol. The largest absolute Gasteiger partial charge is 0.664 e. The van der Waals surface area contributed by atoms with Crippen LogP contribution in [-0.4, -0.2) is 40.4 Å². The van der Waals surface area contributed by atoms with E-state index in [-0.39, 0.29) is 41.8 Å². The van der Waals surface area contributed by atoms with Gasteiger partial charge in [-0.05, 0) is 90.6 Å². The van der Waals surface area contributed by atoms with Crippen LogP contribution in [0.15, 0.2) is 90.8 Å². The highest BCUT2D eigenvalue weighted by molar-refractivity contribution is 6.02. The summed E-state index contributed by atoms with van der Waals surface area (Å²) in [5.74, 6) is 0.676. The van der Waals surface area contributed by atoms with Crippen molar-refractivity contribution in [1.29, 1.82) is 0 Å². The van der Waals surface area contributed by atoms with Gasteiger partial charge in [-0.3, -0.25) is 9.59 Å². The number of H-pyrrole nitrogens is 1. The lowest BCUT2D eigenvalue weighted by Gasteiger charge is -2.36. The van der Waals surface area contributed by atoms with Crippen LogP contribution >= 0.6 is 0 Å². The summed E-state index contributed by atoms with van der Waals surface area (Å²) in [6, 6.07) is 23.4. The van der Waals surface area contributed by atoms with E-state index in [1.807, 2.05) is 54.7 Å². The van der Waals surface area contributed by atoms with Gasteiger partial charge in [0.25, 0.3) is 0 Å². The first kappa shape index (κ1) is 34.0. The standard InChI is InChI=1S/C43H43N3O5/c1-51-40-23-30-12-13-35(48)25-39(49)41-33(24-38-36(15-17-44-38)37(41)11-3-2-6-27-7-5-10-34(47)22-27)26-46-43-31(14-16-45-43)19-28-8-4-9-29(18-28)20-32(21-30)42(40)50/h4-5,7-10,14-18,21-24,37,41,45,47,50H,2-3,6,11-13,19-20,25-26H2,1H3/q-2. The van der Waals surface area contributed by atoms with Crippen molar-refractivity contribution in [2.45, 2.75) is 63.7 Å². The Morgan fingerprint density at radius 2 is 1.69 bits per heavy atom. The lowest BCUT2D eigenvalue weighted by Crippen LogP contribution is -2.30. The maximum Gasteiger partial charge on any atom is 0.161 e. The van der Waals surface area contributed by atoms with Crippen LogP contribution in [0.1, 0.15) is 82.7 Å². The maximum atomic E-state index is 14.3. The Morgan fingerprint density at radius 3 is 2.51 bits per heavy atom. The van der Waals surface area contributed by atoms with Crippen LogP contribution in [0.3, 0.4) is 0 Å². The Kier molecular flexibility index (Phi) is 10.1. The number of hydrogen-bond acceptors (Lipinski definition) is 5. The van der Waals surface area contributed by atoms with Gasteiger partial charge in [-0.15, -0.1) is 5.69 Å². The fourth-order valence-electron chi connectivity index (χ4n) is 7.78. The number of benzene rings is 3. The lowest BCUT2D eigenvalue weighted by atomic mass is 9.71. The van der Waals surface area contributed by atoms with Gasteiger partial charge < -0.3 is 30.2 Å². The number of Topliss-reactive ketones (excluding diaryl/α,β-unsaturated/α-hetero) is 2. The lowest BCUT2D eigenvalue weighted by molar-refractivity contribution is -0.129. The minimum Gasteiger partial charge on any atom is -0.664 e. The maximum absolute atomic E-state index is 14.3. The molecule has 0 spiro atoms. The van der Waals surface area contributed by atoms with E-state index in [4.69, 9.17) is 10.1 Å². The zero-order valence-corrected chi connectivity index (χ0v) is 28.9. The fourth-order valence-corrected chi connectivity index (χ4v) is 7.78. The van der Waals surface area contributed by atoms with Gasteiger partial charge in [0.05, 0.1) is 13.5 Å². The molecule has 8 nitrogen and oxygen atoms in total. The Labute approximate surface area is 298 Å². The second-order valence-electron chi connectivity index (χ2n) is 13.8. The Morgan fingerprint density at radius 1 is 0.863 bits per heavy atom. The number of hydrogen-bond donors (Lipinski definition) is 3. The highest BCUT2D eigenvalue weighted by atomic mass is 16.5. The van der Waals surface area contributed by atoms with E-state index in [1.54, 1.807) is 24.4 Å². The van der Waals surface area contributed by atoms with Crippen LogP contribution in [0.4, 0.5) is 5.82 Å². The molecule has 2 aromatic heterocycles. The van der Waals surface area contributed by atoms with Gasteiger partial charge in [0, 0.05) is 24.3 Å². The summed E-state index contributed by atoms with van der Waals surface area (Å²) < 4.78 is 5.52. The normalized spacial score (nSPS) is 17.9. The highest BCUT2D eigenvalue weighted by Gasteiger charge is 2.35. The molecule has 0 saturated carbocycles. The topological polar surface area (TPSA) is 128 Å². The number of carbonyl (C=O) groups excluding carboxylic acids is 2. The van der Waals surface area contributed by atoms with Crippen molar-refractivity contribution in [3.63, 3.8) is 0 Å². The first-order chi connectivity index (χ1) is 24.8. The predicted octanol–water partition coefficient (Wildman–Crippen LogP) is 8.26. The minimum atomic E-state index is -0.493. The van der Waals surface area contributed by atoms with Gasteiger partial charge in [0.1, 0.15) is 17.3 Å². The van der Waals surface area contributed by atoms with E-state index >= 15 is 0 Å². The molecule has 3 heterocycles. The smallest absolute Gasteiger partial charge is 0.161 e. The van der Waals surface area contributed by atoms with Crippen LogP contribution in [0, 0.1) is 5.92 Å². The second kappa shape index (κ2) is 15.2. The molecule has 1 aliphatic carbocycles. The average Bonchev–Trinajstić information content (AvgIpc) is 3.78. The Bertz CT molecular complexity index is 2070. The van der Waals surface area contributed by atoms with Crippen molar-refractivity contribution >= 4 is 23.5 Å². The monoisotopic (exact) mass is 681 g/mol. The minimum absolute atomic E-state index is 0.0871. The molecule has 2 aliphatic rings. The number of phenols is 2. The van der Waals surface area contributed by atoms with Crippen LogP contribution in [0.25, 0.3) is 11.4 Å².